The van der Waals surface area contributed by atoms with Crippen LogP contribution < -0.4 is 5.32 Å². The van der Waals surface area contributed by atoms with Crippen LogP contribution in [-0.4, -0.2) is 41.9 Å². The molecular weight excluding hydrogens is 377 g/mol. The average Bonchev–Trinajstić information content (AvgIpc) is 3.26. The van der Waals surface area contributed by atoms with E-state index in [-0.39, 0.29) is 10.5 Å². The van der Waals surface area contributed by atoms with E-state index in [1.54, 1.807) is 0 Å². The Morgan fingerprint density at radius 2 is 1.73 bits per heavy atom. The maximum atomic E-state index is 12.4. The van der Waals surface area contributed by atoms with Crippen molar-refractivity contribution in [3.63, 3.8) is 0 Å². The Labute approximate surface area is 146 Å². The van der Waals surface area contributed by atoms with Crippen molar-refractivity contribution < 1.29 is 30.8 Å². The Kier molecular flexibility index (Phi) is 4.71. The predicted molar refractivity (Wildman–Crippen MR) is 81.7 cm³/mol. The van der Waals surface area contributed by atoms with Crippen LogP contribution in [0.15, 0.2) is 33.6 Å². The molecule has 1 saturated heterocycles. The van der Waals surface area contributed by atoms with Gasteiger partial charge in [0.15, 0.2) is 0 Å². The average molecular weight is 390 g/mol. The van der Waals surface area contributed by atoms with Gasteiger partial charge in [-0.05, 0) is 37.1 Å². The van der Waals surface area contributed by atoms with Gasteiger partial charge in [-0.1, -0.05) is 5.10 Å². The number of carbonyl (C=O) groups excluding carboxylic acids is 1. The molecule has 1 aromatic heterocycles. The summed E-state index contributed by atoms with van der Waals surface area (Å²) in [4.78, 5) is 12.0. The Hall–Kier alpha value is -2.47. The van der Waals surface area contributed by atoms with Gasteiger partial charge in [0.2, 0.25) is 10.0 Å². The Morgan fingerprint density at radius 1 is 1.12 bits per heavy atom. The summed E-state index contributed by atoms with van der Waals surface area (Å²) in [6.45, 7) is 0.895. The molecule has 0 saturated carbocycles. The van der Waals surface area contributed by atoms with Crippen LogP contribution in [-0.2, 0) is 16.2 Å². The van der Waals surface area contributed by atoms with Crippen molar-refractivity contribution in [1.29, 1.82) is 0 Å². The second kappa shape index (κ2) is 6.68. The van der Waals surface area contributed by atoms with Crippen molar-refractivity contribution >= 4 is 21.9 Å². The number of carbonyl (C=O) groups is 1. The lowest BCUT2D eigenvalue weighted by Gasteiger charge is -2.15. The number of amides is 1. The third-order valence-electron chi connectivity index (χ3n) is 3.71. The molecule has 0 unspecified atom stereocenters. The van der Waals surface area contributed by atoms with E-state index in [1.807, 2.05) is 5.32 Å². The second-order valence-electron chi connectivity index (χ2n) is 5.50. The van der Waals surface area contributed by atoms with Gasteiger partial charge in [0.1, 0.15) is 0 Å². The molecule has 1 N–H and O–H groups in total. The highest BCUT2D eigenvalue weighted by Gasteiger charge is 2.38. The van der Waals surface area contributed by atoms with E-state index in [1.165, 1.54) is 28.6 Å². The summed E-state index contributed by atoms with van der Waals surface area (Å²) in [5.74, 6) is -2.40. The quantitative estimate of drug-likeness (QED) is 0.857. The lowest BCUT2D eigenvalue weighted by molar-refractivity contribution is -0.156. The normalized spacial score (nSPS) is 16.0. The Morgan fingerprint density at radius 3 is 2.27 bits per heavy atom. The zero-order valence-corrected chi connectivity index (χ0v) is 14.0. The van der Waals surface area contributed by atoms with Crippen molar-refractivity contribution in [2.75, 3.05) is 18.4 Å². The van der Waals surface area contributed by atoms with Crippen LogP contribution >= 0.6 is 0 Å². The molecule has 26 heavy (non-hydrogen) atoms. The van der Waals surface area contributed by atoms with Gasteiger partial charge in [-0.2, -0.15) is 17.5 Å². The number of hydrogen-bond donors (Lipinski definition) is 1. The van der Waals surface area contributed by atoms with Crippen LogP contribution in [0.4, 0.5) is 19.2 Å². The number of aromatic nitrogens is 2. The van der Waals surface area contributed by atoms with Crippen molar-refractivity contribution in [3.8, 4) is 0 Å². The van der Waals surface area contributed by atoms with Crippen LogP contribution in [0.2, 0.25) is 0 Å². The fraction of sp³-hybridized carbons (Fsp3) is 0.357. The molecule has 3 rings (SSSR count). The van der Waals surface area contributed by atoms with E-state index in [0.717, 1.165) is 12.8 Å². The molecule has 1 aliphatic heterocycles. The number of rotatable bonds is 4. The summed E-state index contributed by atoms with van der Waals surface area (Å²) in [7, 11) is -3.62. The van der Waals surface area contributed by atoms with E-state index in [4.69, 9.17) is 0 Å². The van der Waals surface area contributed by atoms with Crippen LogP contribution in [0.3, 0.4) is 0 Å². The molecule has 0 spiro atoms. The second-order valence-corrected chi connectivity index (χ2v) is 7.44. The number of benzene rings is 1. The highest BCUT2D eigenvalue weighted by Crippen LogP contribution is 2.28. The SMILES string of the molecule is O=C(Nc1nnc(C(F)(F)F)o1)c1ccc(S(=O)(=O)N2CCCC2)cc1. The minimum Gasteiger partial charge on any atom is -0.399 e. The summed E-state index contributed by atoms with van der Waals surface area (Å²) in [5, 5.41) is 7.89. The molecule has 8 nitrogen and oxygen atoms in total. The summed E-state index contributed by atoms with van der Waals surface area (Å²) >= 11 is 0. The molecule has 140 valence electrons. The van der Waals surface area contributed by atoms with E-state index >= 15 is 0 Å². The first-order chi connectivity index (χ1) is 12.2. The van der Waals surface area contributed by atoms with Crippen molar-refractivity contribution in [1.82, 2.24) is 14.5 Å². The summed E-state index contributed by atoms with van der Waals surface area (Å²) in [5.41, 5.74) is 0.0251. The molecule has 0 aliphatic carbocycles. The molecule has 1 fully saturated rings. The molecule has 12 heteroatoms. The molecule has 1 aliphatic rings. The van der Waals surface area contributed by atoms with Gasteiger partial charge in [0.05, 0.1) is 4.90 Å². The van der Waals surface area contributed by atoms with E-state index in [9.17, 15) is 26.4 Å². The van der Waals surface area contributed by atoms with Crippen LogP contribution in [0, 0.1) is 0 Å². The first kappa shape index (κ1) is 18.3. The minimum atomic E-state index is -4.82. The van der Waals surface area contributed by atoms with Crippen LogP contribution in [0.25, 0.3) is 0 Å². The molecule has 0 bridgehead atoms. The third-order valence-corrected chi connectivity index (χ3v) is 5.62. The van der Waals surface area contributed by atoms with Gasteiger partial charge < -0.3 is 4.42 Å². The summed E-state index contributed by atoms with van der Waals surface area (Å²) < 4.78 is 67.6. The molecule has 2 aromatic rings. The van der Waals surface area contributed by atoms with Gasteiger partial charge in [-0.3, -0.25) is 10.1 Å². The van der Waals surface area contributed by atoms with Crippen LogP contribution in [0.1, 0.15) is 29.1 Å². The van der Waals surface area contributed by atoms with E-state index < -0.39 is 34.0 Å². The van der Waals surface area contributed by atoms with Gasteiger partial charge >= 0.3 is 18.1 Å². The van der Waals surface area contributed by atoms with E-state index in [0.29, 0.717) is 13.1 Å². The summed E-state index contributed by atoms with van der Waals surface area (Å²) in [6, 6.07) is 4.31. The Bertz CT molecular complexity index is 903. The number of halogens is 3. The van der Waals surface area contributed by atoms with Crippen molar-refractivity contribution in [3.05, 3.63) is 35.7 Å². The zero-order valence-electron chi connectivity index (χ0n) is 13.2. The smallest absolute Gasteiger partial charge is 0.399 e. The Balaban J connectivity index is 1.72. The largest absolute Gasteiger partial charge is 0.470 e. The minimum absolute atomic E-state index is 0.0251. The van der Waals surface area contributed by atoms with Crippen molar-refractivity contribution in [2.24, 2.45) is 0 Å². The monoisotopic (exact) mass is 390 g/mol. The lowest BCUT2D eigenvalue weighted by atomic mass is 10.2. The van der Waals surface area contributed by atoms with Crippen molar-refractivity contribution in [2.45, 2.75) is 23.9 Å². The number of alkyl halides is 3. The molecular formula is C14H13F3N4O4S. The number of nitrogens with one attached hydrogen (secondary N) is 1. The van der Waals surface area contributed by atoms with Gasteiger partial charge in [0.25, 0.3) is 5.91 Å². The number of sulfonamides is 1. The predicted octanol–water partition coefficient (Wildman–Crippen LogP) is 2.13. The number of hydrogen-bond acceptors (Lipinski definition) is 6. The first-order valence-electron chi connectivity index (χ1n) is 7.50. The van der Waals surface area contributed by atoms with Gasteiger partial charge in [0, 0.05) is 18.7 Å². The maximum Gasteiger partial charge on any atom is 0.470 e. The third kappa shape index (κ3) is 3.70. The molecule has 1 amide bonds. The molecule has 0 radical (unpaired) electrons. The number of anilines is 1. The highest BCUT2D eigenvalue weighted by molar-refractivity contribution is 7.89. The van der Waals surface area contributed by atoms with E-state index in [2.05, 4.69) is 14.6 Å². The van der Waals surface area contributed by atoms with Gasteiger partial charge in [-0.25, -0.2) is 8.42 Å². The molecule has 0 atom stereocenters. The fourth-order valence-corrected chi connectivity index (χ4v) is 3.93. The number of nitrogens with zero attached hydrogens (tertiary/aromatic N) is 3. The molecule has 1 aromatic carbocycles. The lowest BCUT2D eigenvalue weighted by Crippen LogP contribution is -2.27. The first-order valence-corrected chi connectivity index (χ1v) is 8.94. The van der Waals surface area contributed by atoms with Crippen LogP contribution in [0.5, 0.6) is 0 Å². The topological polar surface area (TPSA) is 105 Å². The maximum absolute atomic E-state index is 12.4. The molecule has 2 heterocycles. The highest BCUT2D eigenvalue weighted by atomic mass is 32.2. The standard InChI is InChI=1S/C14H13F3N4O4S/c15-14(16,17)12-19-20-13(25-12)18-11(22)9-3-5-10(6-4-9)26(23,24)21-7-1-2-8-21/h3-6H,1-2,7-8H2,(H,18,20,22). The van der Waals surface area contributed by atoms with Gasteiger partial charge in [-0.15, -0.1) is 5.10 Å². The fourth-order valence-electron chi connectivity index (χ4n) is 2.41. The summed E-state index contributed by atoms with van der Waals surface area (Å²) in [6.07, 6.45) is -3.23. The zero-order chi connectivity index (χ0) is 18.9.